The SMILES string of the molecule is CCCCC(CCC(C)O)c1ccccc1C=NO. The number of hydrogen-bond acceptors (Lipinski definition) is 3. The maximum atomic E-state index is 9.48. The van der Waals surface area contributed by atoms with E-state index in [4.69, 9.17) is 5.21 Å². The Bertz CT molecular complexity index is 388. The second-order valence-electron chi connectivity index (χ2n) is 5.14. The van der Waals surface area contributed by atoms with Crippen LogP contribution in [0, 0.1) is 0 Å². The van der Waals surface area contributed by atoms with Gasteiger partial charge in [0.25, 0.3) is 0 Å². The van der Waals surface area contributed by atoms with Gasteiger partial charge in [-0.15, -0.1) is 0 Å². The maximum absolute atomic E-state index is 9.48. The minimum atomic E-state index is -0.261. The van der Waals surface area contributed by atoms with Crippen LogP contribution in [0.5, 0.6) is 0 Å². The van der Waals surface area contributed by atoms with E-state index >= 15 is 0 Å². The molecule has 1 rings (SSSR count). The quantitative estimate of drug-likeness (QED) is 0.424. The van der Waals surface area contributed by atoms with Crippen molar-refractivity contribution in [3.63, 3.8) is 0 Å². The van der Waals surface area contributed by atoms with Gasteiger partial charge in [0.15, 0.2) is 0 Å². The molecule has 0 amide bonds. The molecule has 0 heterocycles. The summed E-state index contributed by atoms with van der Waals surface area (Å²) in [6.07, 6.45) is 6.46. The van der Waals surface area contributed by atoms with Crippen molar-refractivity contribution in [1.82, 2.24) is 0 Å². The molecule has 0 aliphatic carbocycles. The first-order valence-electron chi connectivity index (χ1n) is 7.13. The van der Waals surface area contributed by atoms with Crippen molar-refractivity contribution in [2.24, 2.45) is 5.16 Å². The van der Waals surface area contributed by atoms with E-state index in [0.29, 0.717) is 5.92 Å². The van der Waals surface area contributed by atoms with E-state index in [-0.39, 0.29) is 6.10 Å². The van der Waals surface area contributed by atoms with Gasteiger partial charge in [-0.05, 0) is 43.2 Å². The van der Waals surface area contributed by atoms with Gasteiger partial charge in [0, 0.05) is 0 Å². The normalized spacial score (nSPS) is 14.7. The number of benzene rings is 1. The highest BCUT2D eigenvalue weighted by Gasteiger charge is 2.15. The van der Waals surface area contributed by atoms with Crippen LogP contribution in [0.4, 0.5) is 0 Å². The summed E-state index contributed by atoms with van der Waals surface area (Å²) in [5, 5.41) is 21.4. The van der Waals surface area contributed by atoms with Crippen molar-refractivity contribution in [2.45, 2.75) is 58.0 Å². The summed E-state index contributed by atoms with van der Waals surface area (Å²) in [5.41, 5.74) is 2.19. The third-order valence-corrected chi connectivity index (χ3v) is 3.47. The molecule has 0 bridgehead atoms. The van der Waals surface area contributed by atoms with Crippen molar-refractivity contribution in [1.29, 1.82) is 0 Å². The summed E-state index contributed by atoms with van der Waals surface area (Å²) in [6, 6.07) is 8.03. The van der Waals surface area contributed by atoms with E-state index in [1.807, 2.05) is 25.1 Å². The van der Waals surface area contributed by atoms with Crippen molar-refractivity contribution in [3.8, 4) is 0 Å². The average molecular weight is 263 g/mol. The summed E-state index contributed by atoms with van der Waals surface area (Å²) in [5.74, 6) is 0.420. The van der Waals surface area contributed by atoms with Crippen LogP contribution in [-0.4, -0.2) is 22.6 Å². The minimum Gasteiger partial charge on any atom is -0.411 e. The minimum absolute atomic E-state index is 0.261. The fourth-order valence-electron chi connectivity index (χ4n) is 2.41. The topological polar surface area (TPSA) is 52.8 Å². The van der Waals surface area contributed by atoms with Crippen LogP contribution in [0.1, 0.15) is 63.0 Å². The van der Waals surface area contributed by atoms with Gasteiger partial charge in [0.2, 0.25) is 0 Å². The van der Waals surface area contributed by atoms with Crippen LogP contribution in [0.2, 0.25) is 0 Å². The molecule has 0 aliphatic heterocycles. The van der Waals surface area contributed by atoms with Gasteiger partial charge in [-0.25, -0.2) is 0 Å². The second-order valence-corrected chi connectivity index (χ2v) is 5.14. The molecule has 0 saturated heterocycles. The number of oxime groups is 1. The molecule has 0 spiro atoms. The van der Waals surface area contributed by atoms with Crippen LogP contribution in [-0.2, 0) is 0 Å². The van der Waals surface area contributed by atoms with Gasteiger partial charge < -0.3 is 10.3 Å². The fraction of sp³-hybridized carbons (Fsp3) is 0.562. The Balaban J connectivity index is 2.88. The molecule has 0 aromatic heterocycles. The first-order valence-corrected chi connectivity index (χ1v) is 7.13. The number of rotatable bonds is 8. The van der Waals surface area contributed by atoms with Gasteiger partial charge in [0.05, 0.1) is 12.3 Å². The third-order valence-electron chi connectivity index (χ3n) is 3.47. The Kier molecular flexibility index (Phi) is 7.19. The van der Waals surface area contributed by atoms with Crippen LogP contribution in [0.15, 0.2) is 29.4 Å². The molecular weight excluding hydrogens is 238 g/mol. The van der Waals surface area contributed by atoms with E-state index in [9.17, 15) is 5.11 Å². The van der Waals surface area contributed by atoms with Crippen LogP contribution < -0.4 is 0 Å². The van der Waals surface area contributed by atoms with Crippen LogP contribution in [0.25, 0.3) is 0 Å². The Morgan fingerprint density at radius 2 is 1.95 bits per heavy atom. The van der Waals surface area contributed by atoms with E-state index in [1.54, 1.807) is 0 Å². The van der Waals surface area contributed by atoms with Gasteiger partial charge in [-0.3, -0.25) is 0 Å². The maximum Gasteiger partial charge on any atom is 0.0736 e. The Hall–Kier alpha value is -1.35. The van der Waals surface area contributed by atoms with Gasteiger partial charge >= 0.3 is 0 Å². The third kappa shape index (κ3) is 5.43. The summed E-state index contributed by atoms with van der Waals surface area (Å²) in [4.78, 5) is 0. The standard InChI is InChI=1S/C16H25NO2/c1-3-4-7-14(11-10-13(2)18)16-9-6-5-8-15(16)12-17-19/h5-6,8-9,12-14,18-19H,3-4,7,10-11H2,1-2H3. The van der Waals surface area contributed by atoms with E-state index < -0.39 is 0 Å². The Labute approximate surface area is 116 Å². The highest BCUT2D eigenvalue weighted by atomic mass is 16.4. The summed E-state index contributed by atoms with van der Waals surface area (Å²) in [7, 11) is 0. The molecule has 2 N–H and O–H groups in total. The predicted octanol–water partition coefficient (Wildman–Crippen LogP) is 3.93. The average Bonchev–Trinajstić information content (AvgIpc) is 2.40. The molecule has 2 atom stereocenters. The zero-order valence-corrected chi connectivity index (χ0v) is 11.9. The first kappa shape index (κ1) is 15.7. The molecule has 106 valence electrons. The molecule has 3 nitrogen and oxygen atoms in total. The molecule has 0 radical (unpaired) electrons. The van der Waals surface area contributed by atoms with E-state index in [1.165, 1.54) is 24.6 Å². The smallest absolute Gasteiger partial charge is 0.0736 e. The first-order chi connectivity index (χ1) is 9.19. The summed E-state index contributed by atoms with van der Waals surface area (Å²) >= 11 is 0. The van der Waals surface area contributed by atoms with Crippen LogP contribution >= 0.6 is 0 Å². The number of nitrogens with zero attached hydrogens (tertiary/aromatic N) is 1. The molecule has 1 aromatic rings. The van der Waals surface area contributed by atoms with Gasteiger partial charge in [-0.1, -0.05) is 49.2 Å². The fourth-order valence-corrected chi connectivity index (χ4v) is 2.41. The van der Waals surface area contributed by atoms with E-state index in [0.717, 1.165) is 24.8 Å². The highest BCUT2D eigenvalue weighted by Crippen LogP contribution is 2.29. The zero-order chi connectivity index (χ0) is 14.1. The second kappa shape index (κ2) is 8.70. The van der Waals surface area contributed by atoms with Gasteiger partial charge in [0.1, 0.15) is 0 Å². The predicted molar refractivity (Wildman–Crippen MR) is 79.0 cm³/mol. The highest BCUT2D eigenvalue weighted by molar-refractivity contribution is 5.81. The molecule has 0 aliphatic rings. The lowest BCUT2D eigenvalue weighted by molar-refractivity contribution is 0.177. The zero-order valence-electron chi connectivity index (χ0n) is 11.9. The molecule has 2 unspecified atom stereocenters. The number of aliphatic hydroxyl groups is 1. The molecule has 0 fully saturated rings. The molecular formula is C16H25NO2. The molecule has 3 heteroatoms. The molecule has 1 aromatic carbocycles. The van der Waals surface area contributed by atoms with Crippen molar-refractivity contribution < 1.29 is 10.3 Å². The number of unbranched alkanes of at least 4 members (excludes halogenated alkanes) is 1. The summed E-state index contributed by atoms with van der Waals surface area (Å²) < 4.78 is 0. The Morgan fingerprint density at radius 1 is 1.21 bits per heavy atom. The number of hydrogen-bond donors (Lipinski definition) is 2. The monoisotopic (exact) mass is 263 g/mol. The lowest BCUT2D eigenvalue weighted by Gasteiger charge is -2.20. The van der Waals surface area contributed by atoms with Gasteiger partial charge in [-0.2, -0.15) is 0 Å². The van der Waals surface area contributed by atoms with Crippen molar-refractivity contribution in [3.05, 3.63) is 35.4 Å². The lowest BCUT2D eigenvalue weighted by Crippen LogP contribution is -2.07. The van der Waals surface area contributed by atoms with Crippen molar-refractivity contribution in [2.75, 3.05) is 0 Å². The van der Waals surface area contributed by atoms with E-state index in [2.05, 4.69) is 18.1 Å². The largest absolute Gasteiger partial charge is 0.411 e. The van der Waals surface area contributed by atoms with Crippen LogP contribution in [0.3, 0.4) is 0 Å². The molecule has 19 heavy (non-hydrogen) atoms. The summed E-state index contributed by atoms with van der Waals surface area (Å²) in [6.45, 7) is 4.02. The van der Waals surface area contributed by atoms with Crippen molar-refractivity contribution >= 4 is 6.21 Å². The lowest BCUT2D eigenvalue weighted by atomic mass is 9.86. The number of aliphatic hydroxyl groups excluding tert-OH is 1. The Morgan fingerprint density at radius 3 is 2.58 bits per heavy atom. The molecule has 0 saturated carbocycles.